The molecule has 106 valence electrons. The van der Waals surface area contributed by atoms with Crippen molar-refractivity contribution in [2.45, 2.75) is 13.8 Å². The van der Waals surface area contributed by atoms with Gasteiger partial charge in [-0.15, -0.1) is 11.3 Å². The van der Waals surface area contributed by atoms with Crippen molar-refractivity contribution < 1.29 is 4.79 Å². The van der Waals surface area contributed by atoms with Crippen molar-refractivity contribution in [2.24, 2.45) is 5.92 Å². The van der Waals surface area contributed by atoms with E-state index in [0.29, 0.717) is 16.5 Å². The summed E-state index contributed by atoms with van der Waals surface area (Å²) >= 11 is 1.37. The Morgan fingerprint density at radius 2 is 2.10 bits per heavy atom. The van der Waals surface area contributed by atoms with E-state index in [-0.39, 0.29) is 5.78 Å². The van der Waals surface area contributed by atoms with Gasteiger partial charge in [-0.25, -0.2) is 4.98 Å². The Labute approximate surface area is 127 Å². The minimum absolute atomic E-state index is 0.0414. The summed E-state index contributed by atoms with van der Waals surface area (Å²) in [7, 11) is 0. The fourth-order valence-electron chi connectivity index (χ4n) is 2.20. The van der Waals surface area contributed by atoms with Gasteiger partial charge in [-0.3, -0.25) is 4.79 Å². The number of aromatic amines is 1. The van der Waals surface area contributed by atoms with Gasteiger partial charge in [-0.05, 0) is 17.6 Å². The van der Waals surface area contributed by atoms with Crippen LogP contribution in [-0.4, -0.2) is 15.8 Å². The second-order valence-corrected chi connectivity index (χ2v) is 6.15. The number of carbonyl (C=O) groups is 1. The molecule has 1 aromatic carbocycles. The van der Waals surface area contributed by atoms with Crippen LogP contribution >= 0.6 is 11.3 Å². The first kappa shape index (κ1) is 13.8. The number of allylic oxidation sites excluding steroid dienone is 1. The van der Waals surface area contributed by atoms with Gasteiger partial charge in [0.2, 0.25) is 5.78 Å². The lowest BCUT2D eigenvalue weighted by Gasteiger charge is -2.04. The summed E-state index contributed by atoms with van der Waals surface area (Å²) in [6, 6.07) is 7.78. The third-order valence-corrected chi connectivity index (χ3v) is 4.40. The second kappa shape index (κ2) is 5.30. The number of rotatable bonds is 4. The Kier molecular flexibility index (Phi) is 3.47. The molecule has 0 aliphatic rings. The number of H-pyrrole nitrogens is 1. The number of fused-ring (bicyclic) bond motifs is 1. The van der Waals surface area contributed by atoms with Crippen molar-refractivity contribution >= 4 is 33.6 Å². The summed E-state index contributed by atoms with van der Waals surface area (Å²) in [5.41, 5.74) is 3.41. The molecule has 0 saturated carbocycles. The van der Waals surface area contributed by atoms with E-state index < -0.39 is 0 Å². The molecule has 2 aromatic heterocycles. The standard InChI is InChI=1S/C17H16N2OS/c1-10(2)11(3)15-9-21-17(19-15)16(20)13-8-18-14-7-5-4-6-12(13)14/h4-10,18H,3H2,1-2H3. The predicted molar refractivity (Wildman–Crippen MR) is 87.7 cm³/mol. The summed E-state index contributed by atoms with van der Waals surface area (Å²) in [5, 5.41) is 3.35. The van der Waals surface area contributed by atoms with Gasteiger partial charge in [0, 0.05) is 22.5 Å². The van der Waals surface area contributed by atoms with Crippen LogP contribution < -0.4 is 0 Å². The van der Waals surface area contributed by atoms with E-state index in [0.717, 1.165) is 22.2 Å². The zero-order valence-corrected chi connectivity index (χ0v) is 12.8. The van der Waals surface area contributed by atoms with Crippen molar-refractivity contribution in [3.8, 4) is 0 Å². The van der Waals surface area contributed by atoms with Crippen LogP contribution in [0.5, 0.6) is 0 Å². The number of thiazole rings is 1. The molecule has 4 heteroatoms. The summed E-state index contributed by atoms with van der Waals surface area (Å²) in [6.45, 7) is 8.18. The van der Waals surface area contributed by atoms with E-state index in [4.69, 9.17) is 0 Å². The van der Waals surface area contributed by atoms with Crippen LogP contribution in [0.1, 0.15) is 34.9 Å². The fourth-order valence-corrected chi connectivity index (χ4v) is 2.99. The third kappa shape index (κ3) is 2.43. The van der Waals surface area contributed by atoms with Crippen molar-refractivity contribution in [2.75, 3.05) is 0 Å². The molecule has 3 nitrogen and oxygen atoms in total. The van der Waals surface area contributed by atoms with Crippen LogP contribution in [0.2, 0.25) is 0 Å². The molecule has 3 aromatic rings. The Bertz CT molecular complexity index is 826. The minimum Gasteiger partial charge on any atom is -0.360 e. The quantitative estimate of drug-likeness (QED) is 0.719. The molecular formula is C17H16N2OS. The maximum Gasteiger partial charge on any atom is 0.223 e. The third-order valence-electron chi connectivity index (χ3n) is 3.56. The molecule has 0 spiro atoms. The van der Waals surface area contributed by atoms with Crippen LogP contribution in [0.15, 0.2) is 42.4 Å². The number of hydrogen-bond donors (Lipinski definition) is 1. The molecule has 1 N–H and O–H groups in total. The molecule has 0 bridgehead atoms. The Balaban J connectivity index is 1.97. The largest absolute Gasteiger partial charge is 0.360 e. The van der Waals surface area contributed by atoms with Gasteiger partial charge in [0.05, 0.1) is 11.3 Å². The number of aromatic nitrogens is 2. The van der Waals surface area contributed by atoms with E-state index >= 15 is 0 Å². The van der Waals surface area contributed by atoms with Crippen LogP contribution in [-0.2, 0) is 0 Å². The molecule has 3 rings (SSSR count). The second-order valence-electron chi connectivity index (χ2n) is 5.29. The topological polar surface area (TPSA) is 45.8 Å². The summed E-state index contributed by atoms with van der Waals surface area (Å²) in [5.74, 6) is 0.281. The summed E-state index contributed by atoms with van der Waals surface area (Å²) < 4.78 is 0. The van der Waals surface area contributed by atoms with Crippen LogP contribution in [0.4, 0.5) is 0 Å². The SMILES string of the molecule is C=C(c1csc(C(=O)c2c[nH]c3ccccc23)n1)C(C)C. The smallest absolute Gasteiger partial charge is 0.223 e. The maximum atomic E-state index is 12.6. The van der Waals surface area contributed by atoms with Crippen molar-refractivity contribution in [3.05, 3.63) is 58.7 Å². The van der Waals surface area contributed by atoms with Gasteiger partial charge in [-0.2, -0.15) is 0 Å². The first-order chi connectivity index (χ1) is 10.1. The van der Waals surface area contributed by atoms with Gasteiger partial charge in [0.1, 0.15) is 0 Å². The maximum absolute atomic E-state index is 12.6. The van der Waals surface area contributed by atoms with Crippen molar-refractivity contribution in [1.82, 2.24) is 9.97 Å². The highest BCUT2D eigenvalue weighted by atomic mass is 32.1. The Morgan fingerprint density at radius 1 is 1.33 bits per heavy atom. The average Bonchev–Trinajstić information content (AvgIpc) is 3.12. The highest BCUT2D eigenvalue weighted by Gasteiger charge is 2.18. The van der Waals surface area contributed by atoms with E-state index in [1.807, 2.05) is 29.6 Å². The zero-order chi connectivity index (χ0) is 15.0. The highest BCUT2D eigenvalue weighted by Crippen LogP contribution is 2.26. The molecule has 0 aliphatic carbocycles. The first-order valence-electron chi connectivity index (χ1n) is 6.83. The summed E-state index contributed by atoms with van der Waals surface area (Å²) in [6.07, 6.45) is 1.76. The lowest BCUT2D eigenvalue weighted by molar-refractivity contribution is 0.104. The van der Waals surface area contributed by atoms with E-state index in [1.165, 1.54) is 11.3 Å². The molecule has 0 saturated heterocycles. The van der Waals surface area contributed by atoms with E-state index in [9.17, 15) is 4.79 Å². The number of carbonyl (C=O) groups excluding carboxylic acids is 1. The number of hydrogen-bond acceptors (Lipinski definition) is 3. The minimum atomic E-state index is -0.0414. The number of para-hydroxylation sites is 1. The molecule has 0 unspecified atom stereocenters. The predicted octanol–water partition coefficient (Wildman–Crippen LogP) is 4.52. The zero-order valence-electron chi connectivity index (χ0n) is 12.0. The molecule has 0 radical (unpaired) electrons. The van der Waals surface area contributed by atoms with Gasteiger partial charge in [-0.1, -0.05) is 38.6 Å². The number of benzene rings is 1. The van der Waals surface area contributed by atoms with Gasteiger partial charge in [0.15, 0.2) is 5.01 Å². The first-order valence-corrected chi connectivity index (χ1v) is 7.71. The van der Waals surface area contributed by atoms with E-state index in [2.05, 4.69) is 30.4 Å². The lowest BCUT2D eigenvalue weighted by Crippen LogP contribution is -2.01. The van der Waals surface area contributed by atoms with Crippen LogP contribution in [0, 0.1) is 5.92 Å². The normalized spacial score (nSPS) is 11.2. The number of nitrogens with one attached hydrogen (secondary N) is 1. The Hall–Kier alpha value is -2.20. The molecule has 21 heavy (non-hydrogen) atoms. The van der Waals surface area contributed by atoms with Crippen molar-refractivity contribution in [3.63, 3.8) is 0 Å². The molecule has 0 amide bonds. The van der Waals surface area contributed by atoms with Gasteiger partial charge in [0.25, 0.3) is 0 Å². The van der Waals surface area contributed by atoms with Crippen LogP contribution in [0.3, 0.4) is 0 Å². The average molecular weight is 296 g/mol. The van der Waals surface area contributed by atoms with Crippen molar-refractivity contribution in [1.29, 1.82) is 0 Å². The number of nitrogens with zero attached hydrogens (tertiary/aromatic N) is 1. The highest BCUT2D eigenvalue weighted by molar-refractivity contribution is 7.12. The molecule has 0 atom stereocenters. The Morgan fingerprint density at radius 3 is 2.86 bits per heavy atom. The molecule has 0 aliphatic heterocycles. The van der Waals surface area contributed by atoms with Gasteiger partial charge >= 0.3 is 0 Å². The van der Waals surface area contributed by atoms with Crippen LogP contribution in [0.25, 0.3) is 16.5 Å². The lowest BCUT2D eigenvalue weighted by atomic mass is 10.0. The fraction of sp³-hybridized carbons (Fsp3) is 0.176. The number of ketones is 1. The van der Waals surface area contributed by atoms with E-state index in [1.54, 1.807) is 6.20 Å². The van der Waals surface area contributed by atoms with Gasteiger partial charge < -0.3 is 4.98 Å². The monoisotopic (exact) mass is 296 g/mol. The summed E-state index contributed by atoms with van der Waals surface area (Å²) in [4.78, 5) is 20.2. The molecule has 0 fully saturated rings. The molecular weight excluding hydrogens is 280 g/mol. The molecule has 2 heterocycles.